The number of nitrogens with zero attached hydrogens (tertiary/aromatic N) is 1. The summed E-state index contributed by atoms with van der Waals surface area (Å²) in [6.07, 6.45) is -4.83. The summed E-state index contributed by atoms with van der Waals surface area (Å²) in [5.74, 6) is -5.57. The number of halogens is 5. The van der Waals surface area contributed by atoms with Crippen molar-refractivity contribution in [3.8, 4) is 0 Å². The molecule has 2 atom stereocenters. The lowest BCUT2D eigenvalue weighted by atomic mass is 10.0. The van der Waals surface area contributed by atoms with Crippen molar-refractivity contribution in [1.82, 2.24) is 15.5 Å². The Labute approximate surface area is 188 Å². The first-order valence-corrected chi connectivity index (χ1v) is 10.1. The molecule has 2 aliphatic rings. The third-order valence-electron chi connectivity index (χ3n) is 5.67. The molecular formula is C22H16F5N3O4. The van der Waals surface area contributed by atoms with Gasteiger partial charge in [-0.3, -0.25) is 24.5 Å². The Morgan fingerprint density at radius 1 is 1.06 bits per heavy atom. The number of imide groups is 1. The Morgan fingerprint density at radius 3 is 2.44 bits per heavy atom. The Hall–Kier alpha value is -3.83. The maximum absolute atomic E-state index is 13.6. The van der Waals surface area contributed by atoms with Crippen LogP contribution in [0.15, 0.2) is 36.4 Å². The Balaban J connectivity index is 1.55. The van der Waals surface area contributed by atoms with Crippen LogP contribution >= 0.6 is 0 Å². The summed E-state index contributed by atoms with van der Waals surface area (Å²) < 4.78 is 67.3. The number of piperidine rings is 1. The lowest BCUT2D eigenvalue weighted by Gasteiger charge is -2.29. The number of alkyl halides is 3. The van der Waals surface area contributed by atoms with Crippen LogP contribution in [-0.2, 0) is 16.1 Å². The van der Waals surface area contributed by atoms with Gasteiger partial charge in [-0.1, -0.05) is 6.07 Å². The fourth-order valence-corrected chi connectivity index (χ4v) is 3.98. The van der Waals surface area contributed by atoms with Crippen LogP contribution in [0.4, 0.5) is 22.0 Å². The third-order valence-corrected chi connectivity index (χ3v) is 5.67. The van der Waals surface area contributed by atoms with Gasteiger partial charge in [0, 0.05) is 24.1 Å². The first-order valence-electron chi connectivity index (χ1n) is 10.1. The van der Waals surface area contributed by atoms with Gasteiger partial charge < -0.3 is 10.2 Å². The van der Waals surface area contributed by atoms with Crippen LogP contribution in [-0.4, -0.2) is 40.7 Å². The van der Waals surface area contributed by atoms with Crippen molar-refractivity contribution in [3.05, 3.63) is 70.3 Å². The smallest absolute Gasteiger partial charge is 0.337 e. The minimum Gasteiger partial charge on any atom is -0.337 e. The van der Waals surface area contributed by atoms with E-state index in [9.17, 15) is 41.1 Å². The van der Waals surface area contributed by atoms with Crippen LogP contribution in [0.5, 0.6) is 0 Å². The van der Waals surface area contributed by atoms with Gasteiger partial charge in [0.15, 0.2) is 17.7 Å². The summed E-state index contributed by atoms with van der Waals surface area (Å²) in [6.45, 7) is -0.0760. The highest BCUT2D eigenvalue weighted by molar-refractivity contribution is 6.06. The Bertz CT molecular complexity index is 1210. The lowest BCUT2D eigenvalue weighted by Crippen LogP contribution is -2.52. The molecule has 2 aromatic rings. The quantitative estimate of drug-likeness (QED) is 0.519. The number of rotatable bonds is 4. The number of carbonyl (C=O) groups is 4. The summed E-state index contributed by atoms with van der Waals surface area (Å²) in [4.78, 5) is 50.0. The fourth-order valence-electron chi connectivity index (χ4n) is 3.98. The molecule has 2 aliphatic heterocycles. The minimum atomic E-state index is -5.00. The molecule has 7 nitrogen and oxygen atoms in total. The maximum atomic E-state index is 13.6. The second kappa shape index (κ2) is 8.50. The van der Waals surface area contributed by atoms with Crippen LogP contribution in [0.3, 0.4) is 0 Å². The molecule has 0 radical (unpaired) electrons. The van der Waals surface area contributed by atoms with E-state index in [1.165, 1.54) is 17.0 Å². The van der Waals surface area contributed by atoms with Crippen LogP contribution in [0.1, 0.15) is 50.7 Å². The zero-order chi connectivity index (χ0) is 24.8. The third kappa shape index (κ3) is 4.35. The van der Waals surface area contributed by atoms with Crippen molar-refractivity contribution < 1.29 is 41.1 Å². The van der Waals surface area contributed by atoms with Gasteiger partial charge in [-0.25, -0.2) is 8.78 Å². The highest BCUT2D eigenvalue weighted by Crippen LogP contribution is 2.34. The van der Waals surface area contributed by atoms with Gasteiger partial charge in [-0.15, -0.1) is 0 Å². The molecule has 12 heteroatoms. The molecular weight excluding hydrogens is 465 g/mol. The van der Waals surface area contributed by atoms with E-state index in [1.807, 2.05) is 0 Å². The molecule has 1 unspecified atom stereocenters. The number of hydrogen-bond acceptors (Lipinski definition) is 4. The van der Waals surface area contributed by atoms with Gasteiger partial charge in [0.2, 0.25) is 11.8 Å². The first-order chi connectivity index (χ1) is 16.0. The average Bonchev–Trinajstić information content (AvgIpc) is 3.08. The molecule has 4 amide bonds. The number of nitrogens with one attached hydrogen (secondary N) is 2. The van der Waals surface area contributed by atoms with Gasteiger partial charge in [0.1, 0.15) is 6.04 Å². The number of fused-ring (bicyclic) bond motifs is 1. The molecule has 2 N–H and O–H groups in total. The SMILES string of the molecule is O=C1CCC(N2Cc3cc(C(=O)N[C@H](c4ccc(F)c(F)c4)C(F)(F)F)ccc3C2=O)C(=O)N1. The van der Waals surface area contributed by atoms with Crippen molar-refractivity contribution in [1.29, 1.82) is 0 Å². The standard InChI is InChI=1S/C22H16F5N3O4/c23-14-4-2-10(8-15(14)24)18(22(25,26)27)29-19(32)11-1-3-13-12(7-11)9-30(21(13)34)16-5-6-17(31)28-20(16)33/h1-4,7-8,16,18H,5-6,9H2,(H,29,32)(H,28,31,33)/t16?,18-/m1/s1. The number of benzene rings is 2. The highest BCUT2D eigenvalue weighted by atomic mass is 19.4. The number of amides is 4. The number of carbonyl (C=O) groups excluding carboxylic acids is 4. The van der Waals surface area contributed by atoms with E-state index in [-0.39, 0.29) is 30.5 Å². The van der Waals surface area contributed by atoms with Crippen molar-refractivity contribution in [2.75, 3.05) is 0 Å². The molecule has 2 aromatic carbocycles. The summed E-state index contributed by atoms with van der Waals surface area (Å²) in [5.41, 5.74) is -0.401. The molecule has 0 saturated carbocycles. The van der Waals surface area contributed by atoms with Gasteiger partial charge >= 0.3 is 6.18 Å². The second-order valence-corrected chi connectivity index (χ2v) is 7.89. The van der Waals surface area contributed by atoms with Gasteiger partial charge in [0.25, 0.3) is 11.8 Å². The van der Waals surface area contributed by atoms with Crippen LogP contribution in [0.2, 0.25) is 0 Å². The summed E-state index contributed by atoms with van der Waals surface area (Å²) in [6, 6.07) is 1.75. The van der Waals surface area contributed by atoms with Crippen molar-refractivity contribution in [2.24, 2.45) is 0 Å². The lowest BCUT2D eigenvalue weighted by molar-refractivity contribution is -0.155. The molecule has 1 saturated heterocycles. The summed E-state index contributed by atoms with van der Waals surface area (Å²) in [5, 5.41) is 3.92. The van der Waals surface area contributed by atoms with Crippen molar-refractivity contribution in [3.63, 3.8) is 0 Å². The van der Waals surface area contributed by atoms with Crippen molar-refractivity contribution >= 4 is 23.6 Å². The van der Waals surface area contributed by atoms with E-state index < -0.39 is 59.1 Å². The van der Waals surface area contributed by atoms with E-state index >= 15 is 0 Å². The van der Waals surface area contributed by atoms with Crippen molar-refractivity contribution in [2.45, 2.75) is 37.6 Å². The molecule has 1 fully saturated rings. The van der Waals surface area contributed by atoms with Gasteiger partial charge in [-0.2, -0.15) is 13.2 Å². The predicted octanol–water partition coefficient (Wildman–Crippen LogP) is 2.76. The normalized spacial score (nSPS) is 19.0. The number of hydrogen-bond donors (Lipinski definition) is 2. The van der Waals surface area contributed by atoms with E-state index in [2.05, 4.69) is 5.32 Å². The van der Waals surface area contributed by atoms with E-state index in [1.54, 1.807) is 5.32 Å². The van der Waals surface area contributed by atoms with E-state index in [0.717, 1.165) is 12.1 Å². The zero-order valence-electron chi connectivity index (χ0n) is 17.2. The zero-order valence-corrected chi connectivity index (χ0v) is 17.2. The van der Waals surface area contributed by atoms with Crippen LogP contribution in [0, 0.1) is 11.6 Å². The second-order valence-electron chi connectivity index (χ2n) is 7.89. The molecule has 0 aromatic heterocycles. The Kier molecular flexibility index (Phi) is 5.84. The molecule has 178 valence electrons. The first kappa shape index (κ1) is 23.3. The summed E-state index contributed by atoms with van der Waals surface area (Å²) in [7, 11) is 0. The van der Waals surface area contributed by atoms with E-state index in [0.29, 0.717) is 17.7 Å². The minimum absolute atomic E-state index is 0.0486. The molecule has 0 bridgehead atoms. The molecule has 0 spiro atoms. The summed E-state index contributed by atoms with van der Waals surface area (Å²) >= 11 is 0. The van der Waals surface area contributed by atoms with E-state index in [4.69, 9.17) is 0 Å². The maximum Gasteiger partial charge on any atom is 0.412 e. The predicted molar refractivity (Wildman–Crippen MR) is 105 cm³/mol. The highest BCUT2D eigenvalue weighted by Gasteiger charge is 2.43. The molecule has 2 heterocycles. The Morgan fingerprint density at radius 2 is 1.79 bits per heavy atom. The largest absolute Gasteiger partial charge is 0.412 e. The molecule has 4 rings (SSSR count). The average molecular weight is 481 g/mol. The van der Waals surface area contributed by atoms with Crippen LogP contribution in [0.25, 0.3) is 0 Å². The monoisotopic (exact) mass is 481 g/mol. The topological polar surface area (TPSA) is 95.6 Å². The van der Waals surface area contributed by atoms with Gasteiger partial charge in [-0.05, 0) is 47.9 Å². The van der Waals surface area contributed by atoms with Crippen LogP contribution < -0.4 is 10.6 Å². The fraction of sp³-hybridized carbons (Fsp3) is 0.273. The van der Waals surface area contributed by atoms with Gasteiger partial charge in [0.05, 0.1) is 0 Å². The molecule has 34 heavy (non-hydrogen) atoms. The molecule has 0 aliphatic carbocycles.